The number of carbonyl (C=O) groups excluding carboxylic acids is 3. The number of nitrogens with zero attached hydrogens (tertiary/aromatic N) is 3. The lowest BCUT2D eigenvalue weighted by atomic mass is 10.1. The molecule has 0 aliphatic carbocycles. The lowest BCUT2D eigenvalue weighted by Crippen LogP contribution is -2.34. The average Bonchev–Trinajstić information content (AvgIpc) is 3.17. The fourth-order valence-electron chi connectivity index (χ4n) is 2.50. The first-order valence-electron chi connectivity index (χ1n) is 8.01. The van der Waals surface area contributed by atoms with Crippen molar-refractivity contribution in [3.8, 4) is 0 Å². The van der Waals surface area contributed by atoms with Crippen molar-refractivity contribution in [3.63, 3.8) is 0 Å². The summed E-state index contributed by atoms with van der Waals surface area (Å²) in [5.74, 6) is -0.0208. The van der Waals surface area contributed by atoms with Crippen molar-refractivity contribution < 1.29 is 18.9 Å². The molecule has 0 bridgehead atoms. The van der Waals surface area contributed by atoms with Gasteiger partial charge in [0.25, 0.3) is 11.8 Å². The highest BCUT2D eigenvalue weighted by atomic mass is 16.5. The number of amides is 3. The molecule has 0 atom stereocenters. The minimum atomic E-state index is -0.367. The molecule has 25 heavy (non-hydrogen) atoms. The molecule has 0 spiro atoms. The van der Waals surface area contributed by atoms with E-state index in [0.717, 1.165) is 4.90 Å². The minimum absolute atomic E-state index is 0.0142. The van der Waals surface area contributed by atoms with Crippen LogP contribution in [0.5, 0.6) is 0 Å². The Kier molecular flexibility index (Phi) is 4.60. The molecule has 0 unspecified atom stereocenters. The van der Waals surface area contributed by atoms with Crippen molar-refractivity contribution >= 4 is 17.7 Å². The first-order valence-corrected chi connectivity index (χ1v) is 8.01. The molecule has 0 saturated heterocycles. The van der Waals surface area contributed by atoms with Gasteiger partial charge in [-0.15, -0.1) is 0 Å². The highest BCUT2D eigenvalue weighted by molar-refractivity contribution is 6.21. The smallest absolute Gasteiger partial charge is 0.261 e. The summed E-state index contributed by atoms with van der Waals surface area (Å²) < 4.78 is 5.05. The van der Waals surface area contributed by atoms with Crippen molar-refractivity contribution in [1.82, 2.24) is 20.4 Å². The second kappa shape index (κ2) is 6.84. The summed E-state index contributed by atoms with van der Waals surface area (Å²) >= 11 is 0. The maximum Gasteiger partial charge on any atom is 0.261 e. The molecule has 130 valence electrons. The van der Waals surface area contributed by atoms with Gasteiger partial charge < -0.3 is 9.84 Å². The molecular weight excluding hydrogens is 324 g/mol. The molecule has 3 amide bonds. The van der Waals surface area contributed by atoms with E-state index in [2.05, 4.69) is 15.5 Å². The second-order valence-electron chi connectivity index (χ2n) is 6.04. The van der Waals surface area contributed by atoms with Gasteiger partial charge in [0.05, 0.1) is 17.7 Å². The maximum absolute atomic E-state index is 12.2. The van der Waals surface area contributed by atoms with Crippen LogP contribution in [0.4, 0.5) is 0 Å². The third-order valence-electron chi connectivity index (χ3n) is 3.86. The van der Waals surface area contributed by atoms with Gasteiger partial charge in [-0.05, 0) is 12.1 Å². The van der Waals surface area contributed by atoms with Gasteiger partial charge in [-0.3, -0.25) is 19.3 Å². The van der Waals surface area contributed by atoms with Crippen molar-refractivity contribution in [2.45, 2.75) is 32.7 Å². The molecule has 0 saturated carbocycles. The Labute approximate surface area is 144 Å². The van der Waals surface area contributed by atoms with Crippen molar-refractivity contribution in [2.24, 2.45) is 0 Å². The van der Waals surface area contributed by atoms with Gasteiger partial charge in [-0.2, -0.15) is 4.98 Å². The van der Waals surface area contributed by atoms with Crippen LogP contribution >= 0.6 is 0 Å². The molecule has 1 aliphatic rings. The van der Waals surface area contributed by atoms with Crippen LogP contribution in [0, 0.1) is 0 Å². The van der Waals surface area contributed by atoms with E-state index in [0.29, 0.717) is 22.8 Å². The maximum atomic E-state index is 12.2. The zero-order valence-electron chi connectivity index (χ0n) is 14.0. The van der Waals surface area contributed by atoms with E-state index >= 15 is 0 Å². The van der Waals surface area contributed by atoms with Gasteiger partial charge in [0, 0.05) is 18.9 Å². The van der Waals surface area contributed by atoms with Crippen LogP contribution in [0.2, 0.25) is 0 Å². The number of carbonyl (C=O) groups is 3. The number of hydrogen-bond acceptors (Lipinski definition) is 6. The number of imide groups is 1. The third-order valence-corrected chi connectivity index (χ3v) is 3.86. The molecule has 3 rings (SSSR count). The molecule has 2 aromatic rings. The van der Waals surface area contributed by atoms with Gasteiger partial charge in [0.2, 0.25) is 11.8 Å². The Morgan fingerprint density at radius 3 is 2.40 bits per heavy atom. The van der Waals surface area contributed by atoms with Crippen LogP contribution < -0.4 is 5.32 Å². The van der Waals surface area contributed by atoms with E-state index < -0.39 is 0 Å². The van der Waals surface area contributed by atoms with E-state index in [1.807, 2.05) is 13.8 Å². The number of rotatable bonds is 6. The molecule has 0 fully saturated rings. The topological polar surface area (TPSA) is 105 Å². The summed E-state index contributed by atoms with van der Waals surface area (Å²) in [6.45, 7) is 4.02. The standard InChI is InChI=1S/C17H18N4O4/c1-10(2)15-19-13(20-25-15)9-18-14(22)7-8-21-16(23)11-5-3-4-6-12(11)17(21)24/h3-6,10H,7-9H2,1-2H3,(H,18,22). The predicted molar refractivity (Wildman–Crippen MR) is 86.7 cm³/mol. The van der Waals surface area contributed by atoms with Crippen molar-refractivity contribution in [3.05, 3.63) is 47.1 Å². The molecule has 1 aromatic carbocycles. The molecular formula is C17H18N4O4. The Balaban J connectivity index is 1.51. The number of hydrogen-bond donors (Lipinski definition) is 1. The highest BCUT2D eigenvalue weighted by Gasteiger charge is 2.34. The van der Waals surface area contributed by atoms with Gasteiger partial charge in [-0.1, -0.05) is 31.1 Å². The fourth-order valence-corrected chi connectivity index (χ4v) is 2.50. The first kappa shape index (κ1) is 16.8. The molecule has 8 heteroatoms. The van der Waals surface area contributed by atoms with Gasteiger partial charge in [0.15, 0.2) is 5.82 Å². The Bertz CT molecular complexity index is 793. The third kappa shape index (κ3) is 3.42. The molecule has 1 aliphatic heterocycles. The van der Waals surface area contributed by atoms with Crippen LogP contribution in [0.25, 0.3) is 0 Å². The van der Waals surface area contributed by atoms with E-state index in [4.69, 9.17) is 4.52 Å². The second-order valence-corrected chi connectivity index (χ2v) is 6.04. The molecule has 0 radical (unpaired) electrons. The van der Waals surface area contributed by atoms with Gasteiger partial charge in [-0.25, -0.2) is 0 Å². The van der Waals surface area contributed by atoms with Crippen LogP contribution in [-0.4, -0.2) is 39.3 Å². The Hall–Kier alpha value is -3.03. The Morgan fingerprint density at radius 1 is 1.20 bits per heavy atom. The number of benzene rings is 1. The van der Waals surface area contributed by atoms with Crippen LogP contribution in [0.1, 0.15) is 58.6 Å². The molecule has 8 nitrogen and oxygen atoms in total. The predicted octanol–water partition coefficient (Wildman–Crippen LogP) is 1.50. The zero-order chi connectivity index (χ0) is 18.0. The normalized spacial score (nSPS) is 13.5. The van der Waals surface area contributed by atoms with E-state index in [1.54, 1.807) is 24.3 Å². The first-order chi connectivity index (χ1) is 12.0. The highest BCUT2D eigenvalue weighted by Crippen LogP contribution is 2.22. The summed E-state index contributed by atoms with van der Waals surface area (Å²) in [6.07, 6.45) is 0.0142. The molecule has 1 aromatic heterocycles. The average molecular weight is 342 g/mol. The molecule has 2 heterocycles. The largest absolute Gasteiger partial charge is 0.349 e. The summed E-state index contributed by atoms with van der Waals surface area (Å²) in [5, 5.41) is 6.43. The van der Waals surface area contributed by atoms with Crippen molar-refractivity contribution in [1.29, 1.82) is 0 Å². The quantitative estimate of drug-likeness (QED) is 0.798. The number of aromatic nitrogens is 2. The van der Waals surface area contributed by atoms with Crippen molar-refractivity contribution in [2.75, 3.05) is 6.54 Å². The number of fused-ring (bicyclic) bond motifs is 1. The van der Waals surface area contributed by atoms with Crippen LogP contribution in [0.15, 0.2) is 28.8 Å². The summed E-state index contributed by atoms with van der Waals surface area (Å²) in [5.41, 5.74) is 0.752. The zero-order valence-corrected chi connectivity index (χ0v) is 14.0. The SMILES string of the molecule is CC(C)c1nc(CNC(=O)CCN2C(=O)c3ccccc3C2=O)no1. The van der Waals surface area contributed by atoms with E-state index in [1.165, 1.54) is 0 Å². The van der Waals surface area contributed by atoms with Crippen LogP contribution in [-0.2, 0) is 11.3 Å². The lowest BCUT2D eigenvalue weighted by molar-refractivity contribution is -0.121. The molecule has 1 N–H and O–H groups in total. The fraction of sp³-hybridized carbons (Fsp3) is 0.353. The summed E-state index contributed by atoms with van der Waals surface area (Å²) in [7, 11) is 0. The minimum Gasteiger partial charge on any atom is -0.349 e. The monoisotopic (exact) mass is 342 g/mol. The van der Waals surface area contributed by atoms with E-state index in [9.17, 15) is 14.4 Å². The van der Waals surface area contributed by atoms with Gasteiger partial charge in [0.1, 0.15) is 0 Å². The Morgan fingerprint density at radius 2 is 1.84 bits per heavy atom. The van der Waals surface area contributed by atoms with E-state index in [-0.39, 0.29) is 43.1 Å². The van der Waals surface area contributed by atoms with Crippen LogP contribution in [0.3, 0.4) is 0 Å². The van der Waals surface area contributed by atoms with Gasteiger partial charge >= 0.3 is 0 Å². The summed E-state index contributed by atoms with van der Waals surface area (Å²) in [6, 6.07) is 6.63. The summed E-state index contributed by atoms with van der Waals surface area (Å²) in [4.78, 5) is 41.6. The number of nitrogens with one attached hydrogen (secondary N) is 1. The lowest BCUT2D eigenvalue weighted by Gasteiger charge is -2.13.